The Hall–Kier alpha value is -1.60. The Bertz CT molecular complexity index is 634. The van der Waals surface area contributed by atoms with Crippen LogP contribution in [0.25, 0.3) is 5.69 Å². The molecule has 0 spiro atoms. The Labute approximate surface area is 118 Å². The van der Waals surface area contributed by atoms with Crippen LogP contribution in [0, 0.1) is 6.92 Å². The molecule has 4 nitrogen and oxygen atoms in total. The molecular weight excluding hydrogens is 293 g/mol. The van der Waals surface area contributed by atoms with Crippen molar-refractivity contribution >= 4 is 11.6 Å². The smallest absolute Gasteiger partial charge is 0.323 e. The monoisotopic (exact) mass is 304 g/mol. The van der Waals surface area contributed by atoms with Gasteiger partial charge >= 0.3 is 6.18 Å². The summed E-state index contributed by atoms with van der Waals surface area (Å²) in [7, 11) is 0. The lowest BCUT2D eigenvalue weighted by Gasteiger charge is -2.11. The maximum Gasteiger partial charge on any atom is 0.416 e. The molecule has 20 heavy (non-hydrogen) atoms. The standard InChI is InChI=1S/C12H12ClF3N4/c1-6(17)11-7(2)20(19-18-11)10-4-8(12(14,15)16)3-9(13)5-10/h3-6H,17H2,1-2H3. The fraction of sp³-hybridized carbons (Fsp3) is 0.333. The third-order valence-corrected chi connectivity index (χ3v) is 3.03. The Balaban J connectivity index is 2.56. The topological polar surface area (TPSA) is 56.7 Å². The number of nitrogens with two attached hydrogens (primary N) is 1. The second-order valence-electron chi connectivity index (χ2n) is 4.46. The van der Waals surface area contributed by atoms with E-state index < -0.39 is 11.7 Å². The minimum atomic E-state index is -4.47. The lowest BCUT2D eigenvalue weighted by molar-refractivity contribution is -0.137. The van der Waals surface area contributed by atoms with Gasteiger partial charge in [-0.05, 0) is 32.0 Å². The molecule has 108 valence electrons. The SMILES string of the molecule is Cc1c(C(C)N)nnn1-c1cc(Cl)cc(C(F)(F)F)c1. The predicted octanol–water partition coefficient (Wildman–Crippen LogP) is 3.27. The van der Waals surface area contributed by atoms with Crippen molar-refractivity contribution in [3.63, 3.8) is 0 Å². The summed E-state index contributed by atoms with van der Waals surface area (Å²) in [5.74, 6) is 0. The first-order chi connectivity index (χ1) is 9.20. The molecule has 2 aromatic rings. The molecule has 2 N–H and O–H groups in total. The summed E-state index contributed by atoms with van der Waals surface area (Å²) in [6.45, 7) is 3.41. The maximum absolute atomic E-state index is 12.8. The van der Waals surface area contributed by atoms with Gasteiger partial charge in [-0.15, -0.1) is 5.10 Å². The quantitative estimate of drug-likeness (QED) is 0.926. The number of hydrogen-bond donors (Lipinski definition) is 1. The van der Waals surface area contributed by atoms with Crippen LogP contribution < -0.4 is 5.73 Å². The number of rotatable bonds is 2. The lowest BCUT2D eigenvalue weighted by atomic mass is 10.1. The molecule has 1 unspecified atom stereocenters. The highest BCUT2D eigenvalue weighted by Gasteiger charge is 2.31. The van der Waals surface area contributed by atoms with Crippen molar-refractivity contribution in [1.82, 2.24) is 15.0 Å². The predicted molar refractivity (Wildman–Crippen MR) is 68.7 cm³/mol. The number of alkyl halides is 3. The number of nitrogens with zero attached hydrogens (tertiary/aromatic N) is 3. The Morgan fingerprint density at radius 3 is 2.45 bits per heavy atom. The molecular formula is C12H12ClF3N4. The summed E-state index contributed by atoms with van der Waals surface area (Å²) in [6.07, 6.45) is -4.47. The van der Waals surface area contributed by atoms with E-state index >= 15 is 0 Å². The average molecular weight is 305 g/mol. The van der Waals surface area contributed by atoms with Gasteiger partial charge in [0, 0.05) is 11.1 Å². The number of aromatic nitrogens is 3. The van der Waals surface area contributed by atoms with E-state index in [1.165, 1.54) is 10.7 Å². The molecule has 8 heteroatoms. The fourth-order valence-electron chi connectivity index (χ4n) is 1.87. The summed E-state index contributed by atoms with van der Waals surface area (Å²) in [5.41, 5.74) is 6.18. The first-order valence-electron chi connectivity index (χ1n) is 5.76. The molecule has 0 saturated carbocycles. The van der Waals surface area contributed by atoms with Crippen molar-refractivity contribution < 1.29 is 13.2 Å². The molecule has 1 aromatic carbocycles. The zero-order valence-corrected chi connectivity index (χ0v) is 11.5. The Kier molecular flexibility index (Phi) is 3.75. The normalized spacial score (nSPS) is 13.6. The van der Waals surface area contributed by atoms with E-state index in [9.17, 15) is 13.2 Å². The number of halogens is 4. The van der Waals surface area contributed by atoms with Crippen LogP contribution in [0.4, 0.5) is 13.2 Å². The van der Waals surface area contributed by atoms with Gasteiger partial charge in [-0.2, -0.15) is 13.2 Å². The Morgan fingerprint density at radius 2 is 1.95 bits per heavy atom. The van der Waals surface area contributed by atoms with Gasteiger partial charge < -0.3 is 5.73 Å². The average Bonchev–Trinajstić information content (AvgIpc) is 2.69. The van der Waals surface area contributed by atoms with Crippen molar-refractivity contribution in [3.8, 4) is 5.69 Å². The van der Waals surface area contributed by atoms with E-state index in [1.54, 1.807) is 13.8 Å². The van der Waals surface area contributed by atoms with Gasteiger partial charge in [-0.1, -0.05) is 16.8 Å². The van der Waals surface area contributed by atoms with Crippen LogP contribution in [0.5, 0.6) is 0 Å². The molecule has 0 aliphatic heterocycles. The minimum absolute atomic E-state index is 0.0212. The first-order valence-corrected chi connectivity index (χ1v) is 6.14. The van der Waals surface area contributed by atoms with E-state index in [0.717, 1.165) is 12.1 Å². The van der Waals surface area contributed by atoms with Gasteiger partial charge in [0.15, 0.2) is 0 Å². The van der Waals surface area contributed by atoms with Gasteiger partial charge in [0.25, 0.3) is 0 Å². The molecule has 0 amide bonds. The first kappa shape index (κ1) is 14.8. The van der Waals surface area contributed by atoms with Crippen LogP contribution in [0.15, 0.2) is 18.2 Å². The van der Waals surface area contributed by atoms with Crippen molar-refractivity contribution in [3.05, 3.63) is 40.2 Å². The van der Waals surface area contributed by atoms with Crippen molar-refractivity contribution in [2.45, 2.75) is 26.1 Å². The van der Waals surface area contributed by atoms with Gasteiger partial charge in [0.2, 0.25) is 0 Å². The fourth-order valence-corrected chi connectivity index (χ4v) is 2.10. The van der Waals surface area contributed by atoms with E-state index in [2.05, 4.69) is 10.3 Å². The molecule has 0 fully saturated rings. The lowest BCUT2D eigenvalue weighted by Crippen LogP contribution is -2.09. The van der Waals surface area contributed by atoms with Crippen LogP contribution in [-0.2, 0) is 6.18 Å². The summed E-state index contributed by atoms with van der Waals surface area (Å²) in [4.78, 5) is 0. The highest BCUT2D eigenvalue weighted by molar-refractivity contribution is 6.30. The second-order valence-corrected chi connectivity index (χ2v) is 4.89. The highest BCUT2D eigenvalue weighted by atomic mass is 35.5. The van der Waals surface area contributed by atoms with Crippen LogP contribution in [0.2, 0.25) is 5.02 Å². The van der Waals surface area contributed by atoms with Gasteiger partial charge in [-0.25, -0.2) is 4.68 Å². The third kappa shape index (κ3) is 2.78. The summed E-state index contributed by atoms with van der Waals surface area (Å²) >= 11 is 5.74. The van der Waals surface area contributed by atoms with Crippen LogP contribution in [0.3, 0.4) is 0 Å². The van der Waals surface area contributed by atoms with Gasteiger partial charge in [-0.3, -0.25) is 0 Å². The minimum Gasteiger partial charge on any atom is -0.323 e. The molecule has 0 bridgehead atoms. The third-order valence-electron chi connectivity index (χ3n) is 2.82. The highest BCUT2D eigenvalue weighted by Crippen LogP contribution is 2.33. The van der Waals surface area contributed by atoms with Crippen LogP contribution >= 0.6 is 11.6 Å². The van der Waals surface area contributed by atoms with E-state index in [0.29, 0.717) is 11.4 Å². The molecule has 0 radical (unpaired) electrons. The molecule has 0 saturated heterocycles. The Morgan fingerprint density at radius 1 is 1.30 bits per heavy atom. The van der Waals surface area contributed by atoms with E-state index in [-0.39, 0.29) is 16.8 Å². The molecule has 1 heterocycles. The molecule has 0 aliphatic carbocycles. The second kappa shape index (κ2) is 5.06. The summed E-state index contributed by atoms with van der Waals surface area (Å²) in [5, 5.41) is 7.69. The van der Waals surface area contributed by atoms with E-state index in [4.69, 9.17) is 17.3 Å². The van der Waals surface area contributed by atoms with Gasteiger partial charge in [0.05, 0.1) is 16.9 Å². The van der Waals surface area contributed by atoms with Crippen molar-refractivity contribution in [1.29, 1.82) is 0 Å². The molecule has 1 aromatic heterocycles. The zero-order valence-electron chi connectivity index (χ0n) is 10.7. The zero-order chi connectivity index (χ0) is 15.1. The van der Waals surface area contributed by atoms with Gasteiger partial charge in [0.1, 0.15) is 5.69 Å². The largest absolute Gasteiger partial charge is 0.416 e. The summed E-state index contributed by atoms with van der Waals surface area (Å²) in [6, 6.07) is 2.87. The van der Waals surface area contributed by atoms with Crippen LogP contribution in [0.1, 0.15) is 29.9 Å². The number of hydrogen-bond acceptors (Lipinski definition) is 3. The van der Waals surface area contributed by atoms with E-state index in [1.807, 2.05) is 0 Å². The molecule has 0 aliphatic rings. The van der Waals surface area contributed by atoms with Crippen molar-refractivity contribution in [2.24, 2.45) is 5.73 Å². The van der Waals surface area contributed by atoms with Crippen LogP contribution in [-0.4, -0.2) is 15.0 Å². The maximum atomic E-state index is 12.8. The number of benzene rings is 1. The summed E-state index contributed by atoms with van der Waals surface area (Å²) < 4.78 is 39.6. The van der Waals surface area contributed by atoms with Crippen molar-refractivity contribution in [2.75, 3.05) is 0 Å². The molecule has 2 rings (SSSR count). The molecule has 1 atom stereocenters.